The zero-order valence-corrected chi connectivity index (χ0v) is 18.8. The molecule has 0 radical (unpaired) electrons. The first-order valence-corrected chi connectivity index (χ1v) is 12.4. The Morgan fingerprint density at radius 2 is 1.87 bits per heavy atom. The quantitative estimate of drug-likeness (QED) is 0.655. The molecule has 2 N–H and O–H groups in total. The zero-order valence-electron chi connectivity index (χ0n) is 17.9. The lowest BCUT2D eigenvalue weighted by molar-refractivity contribution is -0.206. The number of carbonyl (C=O) groups excluding carboxylic acids is 2. The molecule has 4 aliphatic carbocycles. The van der Waals surface area contributed by atoms with Crippen molar-refractivity contribution in [2.45, 2.75) is 62.8 Å². The smallest absolute Gasteiger partial charge is 0.240 e. The molecule has 2 unspecified atom stereocenters. The molecule has 0 aliphatic heterocycles. The van der Waals surface area contributed by atoms with Gasteiger partial charge in [0, 0.05) is 29.2 Å². The lowest BCUT2D eigenvalue weighted by Gasteiger charge is -2.75. The van der Waals surface area contributed by atoms with Crippen LogP contribution in [-0.4, -0.2) is 28.8 Å². The molecule has 2 atom stereocenters. The highest BCUT2D eigenvalue weighted by Crippen LogP contribution is 2.87. The number of carbonyl (C=O) groups is 2. The number of anilines is 1. The Balaban J connectivity index is 1.09. The predicted octanol–water partition coefficient (Wildman–Crippen LogP) is 4.09. The molecule has 31 heavy (non-hydrogen) atoms. The van der Waals surface area contributed by atoms with Crippen molar-refractivity contribution in [1.82, 2.24) is 10.3 Å². The summed E-state index contributed by atoms with van der Waals surface area (Å²) in [6.07, 6.45) is 7.15. The number of fused-ring (bicyclic) bond motifs is 1. The van der Waals surface area contributed by atoms with Gasteiger partial charge in [0.2, 0.25) is 5.91 Å². The molecule has 1 amide bonds. The first kappa shape index (κ1) is 19.6. The van der Waals surface area contributed by atoms with Crippen LogP contribution in [0.15, 0.2) is 35.7 Å². The van der Waals surface area contributed by atoms with Gasteiger partial charge in [0.25, 0.3) is 0 Å². The lowest BCUT2D eigenvalue weighted by atomic mass is 9.29. The molecule has 1 heterocycles. The largest absolute Gasteiger partial charge is 0.303 e. The Kier molecular flexibility index (Phi) is 4.26. The van der Waals surface area contributed by atoms with Crippen LogP contribution in [0.3, 0.4) is 0 Å². The van der Waals surface area contributed by atoms with Crippen LogP contribution in [0.4, 0.5) is 5.13 Å². The molecule has 1 aromatic carbocycles. The van der Waals surface area contributed by atoms with E-state index in [-0.39, 0.29) is 17.2 Å². The van der Waals surface area contributed by atoms with Gasteiger partial charge in [-0.25, -0.2) is 4.98 Å². The van der Waals surface area contributed by atoms with Gasteiger partial charge in [-0.2, -0.15) is 0 Å². The molecule has 6 heteroatoms. The summed E-state index contributed by atoms with van der Waals surface area (Å²) in [5.74, 6) is 1.76. The SMILES string of the molecule is CCC(=O)Cc1csc(NC(=O)CNC23CC4CC5(c6ccccc6)CC(C2)C45C3)n1. The summed E-state index contributed by atoms with van der Waals surface area (Å²) in [5, 5.41) is 9.05. The summed E-state index contributed by atoms with van der Waals surface area (Å²) >= 11 is 1.39. The molecule has 2 aromatic rings. The summed E-state index contributed by atoms with van der Waals surface area (Å²) in [7, 11) is 0. The molecule has 162 valence electrons. The van der Waals surface area contributed by atoms with Gasteiger partial charge >= 0.3 is 0 Å². The molecule has 2 bridgehead atoms. The van der Waals surface area contributed by atoms with Crippen molar-refractivity contribution < 1.29 is 9.59 Å². The van der Waals surface area contributed by atoms with Crippen LogP contribution >= 0.6 is 11.3 Å². The highest BCUT2D eigenvalue weighted by Gasteiger charge is 2.84. The Morgan fingerprint density at radius 3 is 2.58 bits per heavy atom. The van der Waals surface area contributed by atoms with Gasteiger partial charge in [0.1, 0.15) is 5.78 Å². The number of rotatable bonds is 8. The van der Waals surface area contributed by atoms with E-state index in [2.05, 4.69) is 45.9 Å². The van der Waals surface area contributed by atoms with E-state index in [1.54, 1.807) is 5.56 Å². The van der Waals surface area contributed by atoms with E-state index in [1.165, 1.54) is 43.4 Å². The van der Waals surface area contributed by atoms with Crippen LogP contribution in [0.5, 0.6) is 0 Å². The second-order valence-electron chi connectivity index (χ2n) is 10.3. The van der Waals surface area contributed by atoms with E-state index in [9.17, 15) is 9.59 Å². The Hall–Kier alpha value is -2.05. The summed E-state index contributed by atoms with van der Waals surface area (Å²) in [6.45, 7) is 2.19. The number of Topliss-reactive ketones (excluding diaryl/α,β-unsaturated/α-hetero) is 1. The Morgan fingerprint density at radius 1 is 1.13 bits per heavy atom. The predicted molar refractivity (Wildman–Crippen MR) is 121 cm³/mol. The number of amides is 1. The number of nitrogens with one attached hydrogen (secondary N) is 2. The van der Waals surface area contributed by atoms with Crippen LogP contribution in [0.25, 0.3) is 0 Å². The summed E-state index contributed by atoms with van der Waals surface area (Å²) in [5.41, 5.74) is 3.29. The van der Waals surface area contributed by atoms with E-state index in [4.69, 9.17) is 0 Å². The van der Waals surface area contributed by atoms with Crippen LogP contribution in [0.1, 0.15) is 56.7 Å². The van der Waals surface area contributed by atoms with Gasteiger partial charge in [0.15, 0.2) is 5.13 Å². The highest BCUT2D eigenvalue weighted by molar-refractivity contribution is 7.13. The van der Waals surface area contributed by atoms with Crippen molar-refractivity contribution in [2.75, 3.05) is 11.9 Å². The molecule has 5 nitrogen and oxygen atoms in total. The minimum absolute atomic E-state index is 0.0394. The maximum atomic E-state index is 12.6. The number of thiazole rings is 1. The van der Waals surface area contributed by atoms with E-state index in [0.717, 1.165) is 17.5 Å². The monoisotopic (exact) mass is 435 g/mol. The van der Waals surface area contributed by atoms with Crippen LogP contribution in [-0.2, 0) is 21.4 Å². The molecule has 4 saturated carbocycles. The first-order chi connectivity index (χ1) is 15.0. The van der Waals surface area contributed by atoms with Crippen LogP contribution in [0.2, 0.25) is 0 Å². The molecule has 1 aromatic heterocycles. The van der Waals surface area contributed by atoms with Gasteiger partial charge in [-0.1, -0.05) is 37.3 Å². The topological polar surface area (TPSA) is 71.1 Å². The van der Waals surface area contributed by atoms with Gasteiger partial charge in [-0.05, 0) is 54.9 Å². The van der Waals surface area contributed by atoms with Crippen molar-refractivity contribution in [2.24, 2.45) is 17.3 Å². The first-order valence-electron chi connectivity index (χ1n) is 11.6. The fourth-order valence-corrected chi connectivity index (χ4v) is 8.62. The minimum Gasteiger partial charge on any atom is -0.303 e. The zero-order chi connectivity index (χ0) is 21.3. The van der Waals surface area contributed by atoms with Gasteiger partial charge in [-0.3, -0.25) is 9.59 Å². The molecule has 4 aliphatic rings. The Labute approximate surface area is 187 Å². The highest BCUT2D eigenvalue weighted by atomic mass is 32.1. The standard InChI is InChI=1S/C25H29N3O2S/c1-2-20(29)8-19-14-31-22(27-19)28-21(30)13-26-23-9-17-11-24(16-6-4-3-5-7-16)12-18(10-23)25(17,24)15-23/h3-7,14,17-18,26H,2,8-13,15H2,1H3,(H,27,28,30). The third-order valence-corrected chi connectivity index (χ3v) is 9.77. The van der Waals surface area contributed by atoms with Gasteiger partial charge in [-0.15, -0.1) is 11.3 Å². The number of aromatic nitrogens is 1. The van der Waals surface area contributed by atoms with E-state index < -0.39 is 0 Å². The third kappa shape index (κ3) is 2.67. The second-order valence-corrected chi connectivity index (χ2v) is 11.1. The average Bonchev–Trinajstić information content (AvgIpc) is 3.41. The van der Waals surface area contributed by atoms with Crippen LogP contribution in [0, 0.1) is 17.3 Å². The normalized spacial score (nSPS) is 36.4. The fraction of sp³-hybridized carbons (Fsp3) is 0.560. The average molecular weight is 436 g/mol. The lowest BCUT2D eigenvalue weighted by Crippen LogP contribution is -2.71. The third-order valence-electron chi connectivity index (χ3n) is 8.96. The van der Waals surface area contributed by atoms with E-state index in [0.29, 0.717) is 35.3 Å². The van der Waals surface area contributed by atoms with Crippen molar-refractivity contribution in [3.63, 3.8) is 0 Å². The fourth-order valence-electron chi connectivity index (χ4n) is 7.89. The number of hydrogen-bond donors (Lipinski definition) is 2. The molecule has 0 saturated heterocycles. The molecule has 4 fully saturated rings. The molecule has 1 spiro atoms. The van der Waals surface area contributed by atoms with Crippen molar-refractivity contribution in [3.8, 4) is 0 Å². The molecule has 6 rings (SSSR count). The second kappa shape index (κ2) is 6.72. The number of benzene rings is 1. The number of hydrogen-bond acceptors (Lipinski definition) is 5. The maximum absolute atomic E-state index is 12.6. The van der Waals surface area contributed by atoms with Gasteiger partial charge in [0.05, 0.1) is 12.2 Å². The van der Waals surface area contributed by atoms with Crippen LogP contribution < -0.4 is 10.6 Å². The molecular weight excluding hydrogens is 406 g/mol. The summed E-state index contributed by atoms with van der Waals surface area (Å²) in [4.78, 5) is 28.6. The Bertz CT molecular complexity index is 1030. The summed E-state index contributed by atoms with van der Waals surface area (Å²) in [6, 6.07) is 11.1. The number of ketones is 1. The van der Waals surface area contributed by atoms with Gasteiger partial charge < -0.3 is 10.6 Å². The van der Waals surface area contributed by atoms with E-state index in [1.807, 2.05) is 12.3 Å². The number of nitrogens with zero attached hydrogens (tertiary/aromatic N) is 1. The van der Waals surface area contributed by atoms with Crippen molar-refractivity contribution in [1.29, 1.82) is 0 Å². The van der Waals surface area contributed by atoms with E-state index >= 15 is 0 Å². The molecular formula is C25H29N3O2S. The minimum atomic E-state index is -0.0394. The summed E-state index contributed by atoms with van der Waals surface area (Å²) < 4.78 is 0. The van der Waals surface area contributed by atoms with Crippen molar-refractivity contribution in [3.05, 3.63) is 47.0 Å². The van der Waals surface area contributed by atoms with Crippen molar-refractivity contribution >= 4 is 28.2 Å². The maximum Gasteiger partial charge on any atom is 0.240 e.